The zero-order chi connectivity index (χ0) is 11.9. The molecule has 1 aromatic rings. The minimum atomic E-state index is 0.168. The number of aryl methyl sites for hydroxylation is 2. The minimum absolute atomic E-state index is 0.168. The van der Waals surface area contributed by atoms with E-state index >= 15 is 0 Å². The van der Waals surface area contributed by atoms with Crippen LogP contribution in [0.5, 0.6) is 5.75 Å². The first kappa shape index (κ1) is 11.5. The van der Waals surface area contributed by atoms with Gasteiger partial charge in [-0.2, -0.15) is 0 Å². The summed E-state index contributed by atoms with van der Waals surface area (Å²) in [6, 6.07) is 4.49. The van der Waals surface area contributed by atoms with E-state index in [4.69, 9.17) is 10.5 Å². The lowest BCUT2D eigenvalue weighted by molar-refractivity contribution is 0.394. The lowest BCUT2D eigenvalue weighted by atomic mass is 9.84. The Labute approximate surface area is 97.8 Å². The molecule has 1 fully saturated rings. The molecule has 2 rings (SSSR count). The summed E-state index contributed by atoms with van der Waals surface area (Å²) in [7, 11) is 1.75. The van der Waals surface area contributed by atoms with Crippen molar-refractivity contribution in [3.05, 3.63) is 28.8 Å². The van der Waals surface area contributed by atoms with Crippen LogP contribution in [0.2, 0.25) is 0 Å². The van der Waals surface area contributed by atoms with E-state index in [0.717, 1.165) is 5.75 Å². The monoisotopic (exact) mass is 219 g/mol. The SMILES string of the molecule is COc1c(C)ccc(C)c1C1(C(C)N)CC1. The highest BCUT2D eigenvalue weighted by Gasteiger charge is 2.50. The van der Waals surface area contributed by atoms with E-state index in [1.807, 2.05) is 0 Å². The van der Waals surface area contributed by atoms with Crippen LogP contribution in [0.3, 0.4) is 0 Å². The van der Waals surface area contributed by atoms with E-state index in [9.17, 15) is 0 Å². The molecule has 0 aromatic heterocycles. The van der Waals surface area contributed by atoms with Crippen molar-refractivity contribution in [1.29, 1.82) is 0 Å². The molecule has 1 atom stereocenters. The molecule has 1 aliphatic carbocycles. The maximum absolute atomic E-state index is 6.15. The highest BCUT2D eigenvalue weighted by atomic mass is 16.5. The smallest absolute Gasteiger partial charge is 0.125 e. The van der Waals surface area contributed by atoms with Crippen LogP contribution in [0.15, 0.2) is 12.1 Å². The van der Waals surface area contributed by atoms with Crippen LogP contribution in [0, 0.1) is 13.8 Å². The van der Waals surface area contributed by atoms with Crippen molar-refractivity contribution in [2.45, 2.75) is 45.1 Å². The molecule has 0 heterocycles. The molecule has 0 amide bonds. The molecule has 0 saturated heterocycles. The van der Waals surface area contributed by atoms with Gasteiger partial charge in [-0.25, -0.2) is 0 Å². The first-order valence-corrected chi connectivity index (χ1v) is 5.93. The summed E-state index contributed by atoms with van der Waals surface area (Å²) in [5, 5.41) is 0. The van der Waals surface area contributed by atoms with Crippen molar-refractivity contribution in [2.75, 3.05) is 7.11 Å². The molecule has 1 unspecified atom stereocenters. The normalized spacial score (nSPS) is 19.3. The van der Waals surface area contributed by atoms with Gasteiger partial charge >= 0.3 is 0 Å². The van der Waals surface area contributed by atoms with Gasteiger partial charge in [0.15, 0.2) is 0 Å². The molecule has 0 aliphatic heterocycles. The molecule has 0 radical (unpaired) electrons. The largest absolute Gasteiger partial charge is 0.496 e. The molecule has 88 valence electrons. The first-order valence-electron chi connectivity index (χ1n) is 5.93. The molecular formula is C14H21NO. The molecule has 2 N–H and O–H groups in total. The van der Waals surface area contributed by atoms with Gasteiger partial charge in [0.1, 0.15) is 5.75 Å². The lowest BCUT2D eigenvalue weighted by Gasteiger charge is -2.25. The number of nitrogens with two attached hydrogens (primary N) is 1. The number of ether oxygens (including phenoxy) is 1. The van der Waals surface area contributed by atoms with Crippen molar-refractivity contribution in [3.63, 3.8) is 0 Å². The van der Waals surface area contributed by atoms with E-state index in [1.54, 1.807) is 7.11 Å². The second-order valence-corrected chi connectivity index (χ2v) is 5.05. The van der Waals surface area contributed by atoms with E-state index < -0.39 is 0 Å². The standard InChI is InChI=1S/C14H21NO/c1-9-5-6-10(2)13(16-4)12(9)14(7-8-14)11(3)15/h5-6,11H,7-8,15H2,1-4H3. The minimum Gasteiger partial charge on any atom is -0.496 e. The maximum Gasteiger partial charge on any atom is 0.125 e. The van der Waals surface area contributed by atoms with Crippen molar-refractivity contribution >= 4 is 0 Å². The summed E-state index contributed by atoms with van der Waals surface area (Å²) < 4.78 is 5.58. The summed E-state index contributed by atoms with van der Waals surface area (Å²) in [5.74, 6) is 1.04. The fourth-order valence-electron chi connectivity index (χ4n) is 2.73. The molecule has 1 aliphatic rings. The Bertz CT molecular complexity index is 405. The molecule has 1 saturated carbocycles. The molecule has 2 heteroatoms. The average molecular weight is 219 g/mol. The van der Waals surface area contributed by atoms with Gasteiger partial charge in [0, 0.05) is 17.0 Å². The summed E-state index contributed by atoms with van der Waals surface area (Å²) in [4.78, 5) is 0. The third-order valence-corrected chi connectivity index (χ3v) is 3.93. The Morgan fingerprint density at radius 2 is 1.81 bits per heavy atom. The van der Waals surface area contributed by atoms with Crippen LogP contribution >= 0.6 is 0 Å². The third kappa shape index (κ3) is 1.52. The zero-order valence-electron chi connectivity index (χ0n) is 10.6. The first-order chi connectivity index (χ1) is 7.53. The zero-order valence-corrected chi connectivity index (χ0v) is 10.6. The summed E-state index contributed by atoms with van der Waals surface area (Å²) in [6.07, 6.45) is 2.37. The van der Waals surface area contributed by atoms with Gasteiger partial charge in [0.05, 0.1) is 7.11 Å². The van der Waals surface area contributed by atoms with Crippen LogP contribution in [0.25, 0.3) is 0 Å². The Morgan fingerprint density at radius 1 is 1.25 bits per heavy atom. The van der Waals surface area contributed by atoms with Crippen LogP contribution < -0.4 is 10.5 Å². The second-order valence-electron chi connectivity index (χ2n) is 5.05. The predicted octanol–water partition coefficient (Wildman–Crippen LogP) is 2.69. The Balaban J connectivity index is 2.59. The third-order valence-electron chi connectivity index (χ3n) is 3.93. The van der Waals surface area contributed by atoms with Gasteiger partial charge in [-0.15, -0.1) is 0 Å². The fraction of sp³-hybridized carbons (Fsp3) is 0.571. The van der Waals surface area contributed by atoms with Gasteiger partial charge in [0.25, 0.3) is 0 Å². The van der Waals surface area contributed by atoms with Crippen molar-refractivity contribution in [3.8, 4) is 5.75 Å². The highest BCUT2D eigenvalue weighted by Crippen LogP contribution is 2.54. The van der Waals surface area contributed by atoms with Gasteiger partial charge in [0.2, 0.25) is 0 Å². The van der Waals surface area contributed by atoms with Crippen LogP contribution in [0.1, 0.15) is 36.5 Å². The molecule has 16 heavy (non-hydrogen) atoms. The van der Waals surface area contributed by atoms with E-state index in [1.165, 1.54) is 29.5 Å². The molecule has 0 spiro atoms. The van der Waals surface area contributed by atoms with E-state index in [2.05, 4.69) is 32.9 Å². The van der Waals surface area contributed by atoms with Gasteiger partial charge < -0.3 is 10.5 Å². The number of rotatable bonds is 3. The van der Waals surface area contributed by atoms with E-state index in [0.29, 0.717) is 0 Å². The quantitative estimate of drug-likeness (QED) is 0.848. The van der Waals surface area contributed by atoms with Crippen LogP contribution in [0.4, 0.5) is 0 Å². The summed E-state index contributed by atoms with van der Waals surface area (Å²) >= 11 is 0. The molecular weight excluding hydrogens is 198 g/mol. The summed E-state index contributed by atoms with van der Waals surface area (Å²) in [6.45, 7) is 6.35. The maximum atomic E-state index is 6.15. The number of methoxy groups -OCH3 is 1. The topological polar surface area (TPSA) is 35.2 Å². The Morgan fingerprint density at radius 3 is 2.25 bits per heavy atom. The molecule has 0 bridgehead atoms. The number of hydrogen-bond donors (Lipinski definition) is 1. The van der Waals surface area contributed by atoms with Crippen molar-refractivity contribution in [1.82, 2.24) is 0 Å². The number of hydrogen-bond acceptors (Lipinski definition) is 2. The van der Waals surface area contributed by atoms with Gasteiger partial charge in [-0.05, 0) is 44.7 Å². The van der Waals surface area contributed by atoms with Crippen LogP contribution in [-0.2, 0) is 5.41 Å². The van der Waals surface area contributed by atoms with Crippen molar-refractivity contribution in [2.24, 2.45) is 5.73 Å². The summed E-state index contributed by atoms with van der Waals surface area (Å²) in [5.41, 5.74) is 10.2. The van der Waals surface area contributed by atoms with Gasteiger partial charge in [-0.1, -0.05) is 12.1 Å². The number of benzene rings is 1. The molecule has 2 nitrogen and oxygen atoms in total. The Hall–Kier alpha value is -1.02. The fourth-order valence-corrected chi connectivity index (χ4v) is 2.73. The van der Waals surface area contributed by atoms with E-state index in [-0.39, 0.29) is 11.5 Å². The predicted molar refractivity (Wildman–Crippen MR) is 67.0 cm³/mol. The highest BCUT2D eigenvalue weighted by molar-refractivity contribution is 5.53. The van der Waals surface area contributed by atoms with Crippen LogP contribution in [-0.4, -0.2) is 13.2 Å². The second kappa shape index (κ2) is 3.77. The van der Waals surface area contributed by atoms with Crippen molar-refractivity contribution < 1.29 is 4.74 Å². The van der Waals surface area contributed by atoms with Gasteiger partial charge in [-0.3, -0.25) is 0 Å². The average Bonchev–Trinajstić information content (AvgIpc) is 3.02. The lowest BCUT2D eigenvalue weighted by Crippen LogP contribution is -2.32. The molecule has 1 aromatic carbocycles. The Kier molecular flexibility index (Phi) is 2.70.